The Kier molecular flexibility index (Phi) is 11.8. The van der Waals surface area contributed by atoms with E-state index in [4.69, 9.17) is 0 Å². The van der Waals surface area contributed by atoms with Crippen LogP contribution < -0.4 is 10.6 Å². The third-order valence-corrected chi connectivity index (χ3v) is 8.95. The number of anilines is 1. The number of alkyl halides is 2. The van der Waals surface area contributed by atoms with Gasteiger partial charge in [0.25, 0.3) is 0 Å². The second kappa shape index (κ2) is 15.5. The van der Waals surface area contributed by atoms with Gasteiger partial charge in [0.15, 0.2) is 0 Å². The minimum absolute atomic E-state index is 0.0514. The fraction of sp³-hybridized carbons (Fsp3) is 0.529. The van der Waals surface area contributed by atoms with E-state index in [1.165, 1.54) is 36.4 Å². The molecule has 8 nitrogen and oxygen atoms in total. The van der Waals surface area contributed by atoms with Gasteiger partial charge in [-0.1, -0.05) is 62.6 Å². The molecule has 2 aromatic carbocycles. The van der Waals surface area contributed by atoms with E-state index in [1.807, 2.05) is 7.05 Å². The maximum atomic E-state index is 15.4. The highest BCUT2D eigenvalue weighted by Crippen LogP contribution is 2.37. The number of piperazine rings is 1. The van der Waals surface area contributed by atoms with E-state index in [-0.39, 0.29) is 36.3 Å². The van der Waals surface area contributed by atoms with Crippen molar-refractivity contribution in [3.63, 3.8) is 0 Å². The first-order valence-corrected chi connectivity index (χ1v) is 15.8. The van der Waals surface area contributed by atoms with Crippen molar-refractivity contribution in [3.8, 4) is 0 Å². The first-order chi connectivity index (χ1) is 21.5. The molecule has 0 radical (unpaired) electrons. The summed E-state index contributed by atoms with van der Waals surface area (Å²) in [5, 5.41) is 5.30. The van der Waals surface area contributed by atoms with Gasteiger partial charge in [-0.2, -0.15) is 8.78 Å². The predicted molar refractivity (Wildman–Crippen MR) is 165 cm³/mol. The Bertz CT molecular complexity index is 1340. The predicted octanol–water partition coefficient (Wildman–Crippen LogP) is 4.92. The number of carbonyl (C=O) groups is 4. The van der Waals surface area contributed by atoms with Crippen LogP contribution in [0.25, 0.3) is 0 Å². The molecule has 4 rings (SSSR count). The van der Waals surface area contributed by atoms with Crippen molar-refractivity contribution in [2.75, 3.05) is 38.5 Å². The van der Waals surface area contributed by atoms with Gasteiger partial charge >= 0.3 is 5.92 Å². The number of benzene rings is 2. The molecule has 0 aromatic heterocycles. The molecule has 1 heterocycles. The molecule has 1 aliphatic heterocycles. The number of nitrogens with zero attached hydrogens (tertiary/aromatic N) is 2. The molecule has 2 fully saturated rings. The lowest BCUT2D eigenvalue weighted by atomic mass is 9.76. The topological polar surface area (TPSA) is 98.8 Å². The van der Waals surface area contributed by atoms with Crippen LogP contribution in [0.1, 0.15) is 63.0 Å². The number of rotatable bonds is 12. The van der Waals surface area contributed by atoms with Crippen molar-refractivity contribution >= 4 is 29.2 Å². The van der Waals surface area contributed by atoms with Gasteiger partial charge in [0.05, 0.1) is 5.69 Å². The lowest BCUT2D eigenvalue weighted by Gasteiger charge is -2.34. The molecule has 1 saturated carbocycles. The van der Waals surface area contributed by atoms with Crippen LogP contribution in [0.15, 0.2) is 48.5 Å². The minimum atomic E-state index is -3.76. The van der Waals surface area contributed by atoms with Gasteiger partial charge in [-0.15, -0.1) is 0 Å². The Hall–Kier alpha value is -3.73. The molecule has 11 heteroatoms. The molecule has 45 heavy (non-hydrogen) atoms. The SMILES string of the molecule is CCC(=O)N[C@H](Cc1ccc(NC(=O)[C@@H](CC(=O)C(F)(F)c2ccccc2)C2CCCCC2)c(F)c1)C(=O)N1CCN(C)CC1. The summed E-state index contributed by atoms with van der Waals surface area (Å²) in [6.07, 6.45) is 3.43. The Morgan fingerprint density at radius 2 is 1.62 bits per heavy atom. The molecule has 1 aliphatic carbocycles. The van der Waals surface area contributed by atoms with Crippen LogP contribution in [0, 0.1) is 17.7 Å². The highest BCUT2D eigenvalue weighted by atomic mass is 19.3. The molecule has 2 aromatic rings. The Labute approximate surface area is 262 Å². The summed E-state index contributed by atoms with van der Waals surface area (Å²) in [7, 11) is 1.97. The van der Waals surface area contributed by atoms with Crippen LogP contribution in [0.3, 0.4) is 0 Å². The van der Waals surface area contributed by atoms with Gasteiger partial charge in [-0.05, 0) is 43.5 Å². The summed E-state index contributed by atoms with van der Waals surface area (Å²) in [6, 6.07) is 10.0. The van der Waals surface area contributed by atoms with Crippen molar-refractivity contribution in [2.45, 2.75) is 70.3 Å². The molecule has 244 valence electrons. The number of ketones is 1. The highest BCUT2D eigenvalue weighted by molar-refractivity contribution is 5.97. The fourth-order valence-corrected chi connectivity index (χ4v) is 6.14. The molecule has 2 N–H and O–H groups in total. The largest absolute Gasteiger partial charge is 0.344 e. The zero-order valence-electron chi connectivity index (χ0n) is 26.0. The second-order valence-corrected chi connectivity index (χ2v) is 12.2. The quantitative estimate of drug-likeness (QED) is 0.348. The maximum absolute atomic E-state index is 15.4. The molecule has 3 amide bonds. The van der Waals surface area contributed by atoms with Gasteiger partial charge in [-0.25, -0.2) is 4.39 Å². The number of halogens is 3. The fourth-order valence-electron chi connectivity index (χ4n) is 6.14. The van der Waals surface area contributed by atoms with Gasteiger partial charge < -0.3 is 20.4 Å². The molecule has 0 unspecified atom stereocenters. The number of hydrogen-bond acceptors (Lipinski definition) is 5. The van der Waals surface area contributed by atoms with Crippen LogP contribution >= 0.6 is 0 Å². The van der Waals surface area contributed by atoms with Gasteiger partial charge in [0, 0.05) is 56.9 Å². The van der Waals surface area contributed by atoms with Crippen molar-refractivity contribution in [2.24, 2.45) is 11.8 Å². The molecular weight excluding hydrogens is 585 g/mol. The third kappa shape index (κ3) is 8.93. The third-order valence-electron chi connectivity index (χ3n) is 8.95. The zero-order chi connectivity index (χ0) is 32.6. The summed E-state index contributed by atoms with van der Waals surface area (Å²) in [5.74, 6) is -8.40. The van der Waals surface area contributed by atoms with Crippen molar-refractivity contribution in [1.82, 2.24) is 15.1 Å². The molecule has 1 saturated heterocycles. The number of likely N-dealkylation sites (N-methyl/N-ethyl adjacent to an activating group) is 1. The molecule has 2 aliphatic rings. The summed E-state index contributed by atoms with van der Waals surface area (Å²) in [5.41, 5.74) is -0.138. The number of amides is 3. The van der Waals surface area contributed by atoms with E-state index in [1.54, 1.807) is 24.0 Å². The summed E-state index contributed by atoms with van der Waals surface area (Å²) in [4.78, 5) is 55.7. The van der Waals surface area contributed by atoms with Crippen LogP contribution in [0.5, 0.6) is 0 Å². The summed E-state index contributed by atoms with van der Waals surface area (Å²) >= 11 is 0. The lowest BCUT2D eigenvalue weighted by Crippen LogP contribution is -2.54. The molecular formula is C34H43F3N4O4. The molecule has 0 bridgehead atoms. The summed E-state index contributed by atoms with van der Waals surface area (Å²) < 4.78 is 45.5. The lowest BCUT2D eigenvalue weighted by molar-refractivity contribution is -0.147. The van der Waals surface area contributed by atoms with Crippen molar-refractivity contribution in [1.29, 1.82) is 0 Å². The average Bonchev–Trinajstić information content (AvgIpc) is 3.05. The number of Topliss-reactive ketones (excluding diaryl/α,β-unsaturated/α-hetero) is 1. The van der Waals surface area contributed by atoms with Crippen LogP contribution in [0.2, 0.25) is 0 Å². The number of carbonyl (C=O) groups excluding carboxylic acids is 4. The van der Waals surface area contributed by atoms with Gasteiger partial charge in [-0.3, -0.25) is 19.2 Å². The number of nitrogens with one attached hydrogen (secondary N) is 2. The number of hydrogen-bond donors (Lipinski definition) is 2. The van der Waals surface area contributed by atoms with Gasteiger partial charge in [0.1, 0.15) is 11.9 Å². The first-order valence-electron chi connectivity index (χ1n) is 15.8. The Balaban J connectivity index is 1.48. The zero-order valence-corrected chi connectivity index (χ0v) is 26.0. The minimum Gasteiger partial charge on any atom is -0.344 e. The normalized spacial score (nSPS) is 17.8. The Morgan fingerprint density at radius 3 is 2.24 bits per heavy atom. The maximum Gasteiger partial charge on any atom is 0.330 e. The van der Waals surface area contributed by atoms with Crippen LogP contribution in [-0.4, -0.2) is 72.6 Å². The van der Waals surface area contributed by atoms with E-state index in [2.05, 4.69) is 15.5 Å². The monoisotopic (exact) mass is 628 g/mol. The molecule has 0 spiro atoms. The van der Waals surface area contributed by atoms with E-state index in [0.29, 0.717) is 44.6 Å². The summed E-state index contributed by atoms with van der Waals surface area (Å²) in [6.45, 7) is 4.14. The van der Waals surface area contributed by atoms with Crippen molar-refractivity contribution < 1.29 is 32.3 Å². The van der Waals surface area contributed by atoms with Crippen molar-refractivity contribution in [3.05, 3.63) is 65.5 Å². The second-order valence-electron chi connectivity index (χ2n) is 12.2. The first kappa shape index (κ1) is 34.1. The van der Waals surface area contributed by atoms with Crippen LogP contribution in [-0.2, 0) is 31.5 Å². The van der Waals surface area contributed by atoms with E-state index >= 15 is 13.2 Å². The van der Waals surface area contributed by atoms with Gasteiger partial charge in [0.2, 0.25) is 23.5 Å². The van der Waals surface area contributed by atoms with E-state index in [9.17, 15) is 19.2 Å². The van der Waals surface area contributed by atoms with E-state index < -0.39 is 47.4 Å². The average molecular weight is 629 g/mol. The standard InChI is InChI=1S/C34H43F3N4O4/c1-3-31(43)38-29(33(45)41-18-16-40(2)17-19-41)21-23-14-15-28(27(35)20-23)39-32(44)26(24-10-6-4-7-11-24)22-30(42)34(36,37)25-12-8-5-9-13-25/h5,8-9,12-15,20,24,26,29H,3-4,6-7,10-11,16-19,21-22H2,1-2H3,(H,38,43)(H,39,44)/t26-,29+/m0/s1. The highest BCUT2D eigenvalue weighted by Gasteiger charge is 2.44. The van der Waals surface area contributed by atoms with Crippen LogP contribution in [0.4, 0.5) is 18.9 Å². The smallest absolute Gasteiger partial charge is 0.330 e. The molecule has 2 atom stereocenters. The Morgan fingerprint density at radius 1 is 0.956 bits per heavy atom. The van der Waals surface area contributed by atoms with E-state index in [0.717, 1.165) is 19.3 Å².